The van der Waals surface area contributed by atoms with Crippen LogP contribution in [0.1, 0.15) is 20.3 Å². The van der Waals surface area contributed by atoms with Crippen LogP contribution >= 0.6 is 0 Å². The minimum absolute atomic E-state index is 0.108. The minimum atomic E-state index is -0.806. The molecule has 1 fully saturated rings. The third-order valence-corrected chi connectivity index (χ3v) is 3.93. The lowest BCUT2D eigenvalue weighted by atomic mass is 10.1. The number of halogens is 2. The molecule has 2 rings (SSSR count). The van der Waals surface area contributed by atoms with Gasteiger partial charge in [0, 0.05) is 19.2 Å². The van der Waals surface area contributed by atoms with Gasteiger partial charge in [0.25, 0.3) is 5.91 Å². The molecular weight excluding hydrogens is 290 g/mol. The van der Waals surface area contributed by atoms with E-state index in [4.69, 9.17) is 10.5 Å². The van der Waals surface area contributed by atoms with Gasteiger partial charge in [0.15, 0.2) is 17.7 Å². The molecule has 1 amide bonds. The molecular formula is C16H22F2N2O2. The summed E-state index contributed by atoms with van der Waals surface area (Å²) in [5.74, 6) is -1.59. The van der Waals surface area contributed by atoms with Crippen LogP contribution in [-0.4, -0.2) is 36.5 Å². The van der Waals surface area contributed by atoms with E-state index in [0.29, 0.717) is 25.6 Å². The Hall–Kier alpha value is -1.69. The van der Waals surface area contributed by atoms with Gasteiger partial charge in [-0.1, -0.05) is 13.8 Å². The number of hydrogen-bond acceptors (Lipinski definition) is 3. The fourth-order valence-corrected chi connectivity index (χ4v) is 2.58. The molecule has 0 saturated carbocycles. The molecule has 1 aromatic carbocycles. The van der Waals surface area contributed by atoms with Crippen molar-refractivity contribution in [2.75, 3.05) is 19.6 Å². The van der Waals surface area contributed by atoms with Gasteiger partial charge >= 0.3 is 0 Å². The second-order valence-corrected chi connectivity index (χ2v) is 6.03. The van der Waals surface area contributed by atoms with E-state index in [1.165, 1.54) is 6.07 Å². The highest BCUT2D eigenvalue weighted by atomic mass is 19.1. The van der Waals surface area contributed by atoms with Gasteiger partial charge in [0.2, 0.25) is 0 Å². The van der Waals surface area contributed by atoms with E-state index in [2.05, 4.69) is 0 Å². The number of hydrogen-bond donors (Lipinski definition) is 1. The van der Waals surface area contributed by atoms with Crippen LogP contribution in [0.5, 0.6) is 5.75 Å². The molecule has 122 valence electrons. The van der Waals surface area contributed by atoms with Crippen LogP contribution in [0.2, 0.25) is 0 Å². The molecule has 0 spiro atoms. The van der Waals surface area contributed by atoms with Gasteiger partial charge in [-0.15, -0.1) is 0 Å². The molecule has 0 aromatic heterocycles. The van der Waals surface area contributed by atoms with E-state index in [1.54, 1.807) is 4.90 Å². The number of ether oxygens (including phenoxy) is 1. The van der Waals surface area contributed by atoms with Crippen molar-refractivity contribution >= 4 is 5.91 Å². The summed E-state index contributed by atoms with van der Waals surface area (Å²) >= 11 is 0. The Morgan fingerprint density at radius 1 is 1.45 bits per heavy atom. The van der Waals surface area contributed by atoms with Crippen LogP contribution in [0.15, 0.2) is 18.2 Å². The van der Waals surface area contributed by atoms with Crippen LogP contribution < -0.4 is 10.5 Å². The first-order valence-electron chi connectivity index (χ1n) is 7.53. The Morgan fingerprint density at radius 2 is 2.18 bits per heavy atom. The van der Waals surface area contributed by atoms with Crippen molar-refractivity contribution in [1.29, 1.82) is 0 Å². The van der Waals surface area contributed by atoms with Gasteiger partial charge in [0.05, 0.1) is 0 Å². The number of nitrogens with two attached hydrogens (primary N) is 1. The molecule has 1 heterocycles. The second kappa shape index (κ2) is 7.05. The summed E-state index contributed by atoms with van der Waals surface area (Å²) in [7, 11) is 0. The summed E-state index contributed by atoms with van der Waals surface area (Å²) in [5, 5.41) is 0. The maximum absolute atomic E-state index is 13.7. The number of nitrogens with zero attached hydrogens (tertiary/aromatic N) is 1. The molecule has 1 aliphatic heterocycles. The average molecular weight is 312 g/mol. The zero-order valence-electron chi connectivity index (χ0n) is 12.9. The molecule has 2 N–H and O–H groups in total. The molecule has 1 saturated heterocycles. The van der Waals surface area contributed by atoms with Crippen molar-refractivity contribution < 1.29 is 18.3 Å². The predicted octanol–water partition coefficient (Wildman–Crippen LogP) is 2.18. The fourth-order valence-electron chi connectivity index (χ4n) is 2.58. The highest BCUT2D eigenvalue weighted by Crippen LogP contribution is 2.24. The average Bonchev–Trinajstić information content (AvgIpc) is 2.94. The van der Waals surface area contributed by atoms with Crippen molar-refractivity contribution in [3.05, 3.63) is 29.8 Å². The van der Waals surface area contributed by atoms with Crippen molar-refractivity contribution in [2.24, 2.45) is 17.6 Å². The van der Waals surface area contributed by atoms with Crippen LogP contribution in [0.25, 0.3) is 0 Å². The van der Waals surface area contributed by atoms with Gasteiger partial charge in [-0.3, -0.25) is 4.79 Å². The molecule has 6 heteroatoms. The zero-order chi connectivity index (χ0) is 16.3. The molecule has 0 radical (unpaired) electrons. The van der Waals surface area contributed by atoms with Gasteiger partial charge in [-0.05, 0) is 36.9 Å². The van der Waals surface area contributed by atoms with Gasteiger partial charge in [0.1, 0.15) is 5.82 Å². The summed E-state index contributed by atoms with van der Waals surface area (Å²) in [6.45, 7) is 5.46. The van der Waals surface area contributed by atoms with Crippen molar-refractivity contribution in [3.8, 4) is 5.75 Å². The smallest absolute Gasteiger partial charge is 0.263 e. The van der Waals surface area contributed by atoms with E-state index in [-0.39, 0.29) is 17.6 Å². The van der Waals surface area contributed by atoms with Crippen LogP contribution in [0, 0.1) is 23.5 Å². The Labute approximate surface area is 129 Å². The summed E-state index contributed by atoms with van der Waals surface area (Å²) in [5.41, 5.74) is 5.64. The normalized spacial score (nSPS) is 19.5. The molecule has 22 heavy (non-hydrogen) atoms. The first-order valence-corrected chi connectivity index (χ1v) is 7.53. The van der Waals surface area contributed by atoms with Gasteiger partial charge < -0.3 is 15.4 Å². The molecule has 4 nitrogen and oxygen atoms in total. The molecule has 1 aliphatic rings. The summed E-state index contributed by atoms with van der Waals surface area (Å²) in [6, 6.07) is 3.07. The first-order chi connectivity index (χ1) is 10.4. The lowest BCUT2D eigenvalue weighted by Crippen LogP contribution is -2.44. The van der Waals surface area contributed by atoms with E-state index < -0.39 is 17.7 Å². The van der Waals surface area contributed by atoms with Crippen LogP contribution in [0.4, 0.5) is 8.78 Å². The molecule has 0 unspecified atom stereocenters. The number of amides is 1. The van der Waals surface area contributed by atoms with Crippen LogP contribution in [-0.2, 0) is 4.79 Å². The number of carbonyl (C=O) groups is 1. The van der Waals surface area contributed by atoms with Crippen molar-refractivity contribution in [1.82, 2.24) is 4.90 Å². The Bertz CT molecular complexity index is 537. The number of likely N-dealkylation sites (tertiary alicyclic amines) is 1. The Morgan fingerprint density at radius 3 is 2.73 bits per heavy atom. The largest absolute Gasteiger partial charge is 0.477 e. The van der Waals surface area contributed by atoms with Crippen LogP contribution in [0.3, 0.4) is 0 Å². The lowest BCUT2D eigenvalue weighted by Gasteiger charge is -2.27. The predicted molar refractivity (Wildman–Crippen MR) is 79.4 cm³/mol. The monoisotopic (exact) mass is 312 g/mol. The second-order valence-electron chi connectivity index (χ2n) is 6.03. The Balaban J connectivity index is 2.11. The van der Waals surface area contributed by atoms with Gasteiger partial charge in [-0.25, -0.2) is 8.78 Å². The maximum atomic E-state index is 13.7. The summed E-state index contributed by atoms with van der Waals surface area (Å²) in [4.78, 5) is 14.3. The maximum Gasteiger partial charge on any atom is 0.263 e. The van der Waals surface area contributed by atoms with E-state index >= 15 is 0 Å². The quantitative estimate of drug-likeness (QED) is 0.906. The van der Waals surface area contributed by atoms with E-state index in [9.17, 15) is 13.6 Å². The lowest BCUT2D eigenvalue weighted by molar-refractivity contribution is -0.139. The third-order valence-electron chi connectivity index (χ3n) is 3.93. The topological polar surface area (TPSA) is 55.6 Å². The summed E-state index contributed by atoms with van der Waals surface area (Å²) < 4.78 is 32.2. The highest BCUT2D eigenvalue weighted by Gasteiger charge is 2.33. The van der Waals surface area contributed by atoms with E-state index in [1.807, 2.05) is 13.8 Å². The highest BCUT2D eigenvalue weighted by molar-refractivity contribution is 5.81. The standard InChI is InChI=1S/C16H22F2N2O2/c1-10(2)15(16(21)20-6-5-11(8-19)9-20)22-14-4-3-12(17)7-13(14)18/h3-4,7,10-11,15H,5-6,8-9,19H2,1-2H3/t11-,15-/m1/s1. The van der Waals surface area contributed by atoms with E-state index in [0.717, 1.165) is 18.6 Å². The molecule has 2 atom stereocenters. The van der Waals surface area contributed by atoms with Gasteiger partial charge in [-0.2, -0.15) is 0 Å². The number of carbonyl (C=O) groups excluding carboxylic acids is 1. The third kappa shape index (κ3) is 3.74. The Kier molecular flexibility index (Phi) is 5.34. The summed E-state index contributed by atoms with van der Waals surface area (Å²) in [6.07, 6.45) is 0.0781. The molecule has 1 aromatic rings. The minimum Gasteiger partial charge on any atom is -0.477 e. The van der Waals surface area contributed by atoms with Crippen molar-refractivity contribution in [2.45, 2.75) is 26.4 Å². The zero-order valence-corrected chi connectivity index (χ0v) is 12.9. The number of benzene rings is 1. The SMILES string of the molecule is CC(C)[C@@H](Oc1ccc(F)cc1F)C(=O)N1CC[C@H](CN)C1. The van der Waals surface area contributed by atoms with Crippen molar-refractivity contribution in [3.63, 3.8) is 0 Å². The first kappa shape index (κ1) is 16.7. The molecule has 0 aliphatic carbocycles. The number of rotatable bonds is 5. The molecule has 0 bridgehead atoms. The fraction of sp³-hybridized carbons (Fsp3) is 0.562.